The van der Waals surface area contributed by atoms with Crippen LogP contribution in [0.3, 0.4) is 0 Å². The molecule has 1 fully saturated rings. The Morgan fingerprint density at radius 3 is 2.70 bits per heavy atom. The van der Waals surface area contributed by atoms with Crippen LogP contribution in [0.2, 0.25) is 0 Å². The molecule has 0 heterocycles. The van der Waals surface area contributed by atoms with E-state index in [2.05, 4.69) is 34.7 Å². The first-order valence-corrected chi connectivity index (χ1v) is 9.05. The van der Waals surface area contributed by atoms with Crippen LogP contribution in [-0.2, 0) is 11.3 Å². The summed E-state index contributed by atoms with van der Waals surface area (Å²) in [5, 5.41) is 6.89. The highest BCUT2D eigenvalue weighted by molar-refractivity contribution is 5.80. The molecule has 2 rings (SSSR count). The number of hydrogen-bond acceptors (Lipinski definition) is 2. The molecule has 1 aliphatic rings. The molecule has 4 nitrogen and oxygen atoms in total. The van der Waals surface area contributed by atoms with Gasteiger partial charge in [-0.3, -0.25) is 4.99 Å². The van der Waals surface area contributed by atoms with Gasteiger partial charge in [0.05, 0.1) is 6.61 Å². The summed E-state index contributed by atoms with van der Waals surface area (Å²) in [4.78, 5) is 4.67. The molecular weight excluding hydrogens is 286 g/mol. The van der Waals surface area contributed by atoms with Gasteiger partial charge in [-0.2, -0.15) is 0 Å². The Morgan fingerprint density at radius 1 is 1.17 bits per heavy atom. The van der Waals surface area contributed by atoms with Crippen LogP contribution in [0.25, 0.3) is 0 Å². The standard InChI is InChI=1S/C19H31N3O/c1-2-20-19(22-18-12-6-7-13-18)21-14-8-9-15-23-16-17-10-4-3-5-11-17/h3-5,10-11,18H,2,6-9,12-16H2,1H3,(H2,20,21,22). The number of ether oxygens (including phenoxy) is 1. The van der Waals surface area contributed by atoms with E-state index in [1.807, 2.05) is 18.2 Å². The Morgan fingerprint density at radius 2 is 1.96 bits per heavy atom. The van der Waals surface area contributed by atoms with E-state index in [4.69, 9.17) is 4.74 Å². The average Bonchev–Trinajstić information content (AvgIpc) is 3.08. The van der Waals surface area contributed by atoms with Gasteiger partial charge in [0.2, 0.25) is 0 Å². The Kier molecular flexibility index (Phi) is 8.56. The molecule has 128 valence electrons. The van der Waals surface area contributed by atoms with Gasteiger partial charge in [-0.1, -0.05) is 43.2 Å². The van der Waals surface area contributed by atoms with Crippen LogP contribution >= 0.6 is 0 Å². The second-order valence-electron chi connectivity index (χ2n) is 6.13. The number of rotatable bonds is 9. The zero-order chi connectivity index (χ0) is 16.2. The zero-order valence-electron chi connectivity index (χ0n) is 14.4. The van der Waals surface area contributed by atoms with Crippen LogP contribution in [0.15, 0.2) is 35.3 Å². The monoisotopic (exact) mass is 317 g/mol. The van der Waals surface area contributed by atoms with Crippen molar-refractivity contribution in [2.75, 3.05) is 19.7 Å². The largest absolute Gasteiger partial charge is 0.377 e. The third-order valence-electron chi connectivity index (χ3n) is 4.12. The summed E-state index contributed by atoms with van der Waals surface area (Å²) in [5.41, 5.74) is 1.24. The van der Waals surface area contributed by atoms with Gasteiger partial charge >= 0.3 is 0 Å². The molecule has 0 bridgehead atoms. The van der Waals surface area contributed by atoms with Crippen molar-refractivity contribution in [3.8, 4) is 0 Å². The molecule has 1 aromatic rings. The minimum Gasteiger partial charge on any atom is -0.377 e. The molecular formula is C19H31N3O. The third kappa shape index (κ3) is 7.51. The lowest BCUT2D eigenvalue weighted by Gasteiger charge is -2.16. The summed E-state index contributed by atoms with van der Waals surface area (Å²) in [5.74, 6) is 0.976. The molecule has 0 unspecified atom stereocenters. The van der Waals surface area contributed by atoms with E-state index in [1.54, 1.807) is 0 Å². The molecule has 4 heteroatoms. The molecule has 1 aliphatic carbocycles. The van der Waals surface area contributed by atoms with Crippen molar-refractivity contribution in [3.05, 3.63) is 35.9 Å². The smallest absolute Gasteiger partial charge is 0.191 e. The second kappa shape index (κ2) is 11.1. The first kappa shape index (κ1) is 17.8. The first-order valence-electron chi connectivity index (χ1n) is 9.05. The van der Waals surface area contributed by atoms with Crippen molar-refractivity contribution in [3.63, 3.8) is 0 Å². The molecule has 1 saturated carbocycles. The van der Waals surface area contributed by atoms with Gasteiger partial charge in [-0.25, -0.2) is 0 Å². The fourth-order valence-corrected chi connectivity index (χ4v) is 2.85. The molecule has 1 aromatic carbocycles. The van der Waals surface area contributed by atoms with Gasteiger partial charge in [0, 0.05) is 25.7 Å². The van der Waals surface area contributed by atoms with Crippen molar-refractivity contribution in [2.45, 2.75) is 58.1 Å². The van der Waals surface area contributed by atoms with Gasteiger partial charge in [-0.15, -0.1) is 0 Å². The second-order valence-corrected chi connectivity index (χ2v) is 6.13. The van der Waals surface area contributed by atoms with E-state index in [0.29, 0.717) is 12.6 Å². The predicted octanol–water partition coefficient (Wildman–Crippen LogP) is 3.48. The van der Waals surface area contributed by atoms with Crippen LogP contribution in [-0.4, -0.2) is 31.7 Å². The molecule has 2 N–H and O–H groups in total. The number of nitrogens with one attached hydrogen (secondary N) is 2. The maximum atomic E-state index is 5.70. The maximum Gasteiger partial charge on any atom is 0.191 e. The number of guanidine groups is 1. The summed E-state index contributed by atoms with van der Waals surface area (Å²) in [6.07, 6.45) is 7.36. The number of benzene rings is 1. The Bertz CT molecular complexity index is 441. The first-order chi connectivity index (χ1) is 11.4. The number of aliphatic imine (C=N–C) groups is 1. The fourth-order valence-electron chi connectivity index (χ4n) is 2.85. The molecule has 0 aliphatic heterocycles. The predicted molar refractivity (Wildman–Crippen MR) is 96.7 cm³/mol. The zero-order valence-corrected chi connectivity index (χ0v) is 14.4. The highest BCUT2D eigenvalue weighted by atomic mass is 16.5. The van der Waals surface area contributed by atoms with E-state index in [1.165, 1.54) is 31.2 Å². The van der Waals surface area contributed by atoms with Crippen LogP contribution in [0.5, 0.6) is 0 Å². The summed E-state index contributed by atoms with van der Waals surface area (Å²) in [6.45, 7) is 5.39. The van der Waals surface area contributed by atoms with Gasteiger partial charge in [0.15, 0.2) is 5.96 Å². The molecule has 0 amide bonds. The lowest BCUT2D eigenvalue weighted by Crippen LogP contribution is -2.42. The van der Waals surface area contributed by atoms with Crippen molar-refractivity contribution in [1.82, 2.24) is 10.6 Å². The summed E-state index contributed by atoms with van der Waals surface area (Å²) < 4.78 is 5.70. The number of nitrogens with zero attached hydrogens (tertiary/aromatic N) is 1. The molecule has 0 saturated heterocycles. The van der Waals surface area contributed by atoms with Gasteiger partial charge in [-0.05, 0) is 38.2 Å². The lowest BCUT2D eigenvalue weighted by molar-refractivity contribution is 0.117. The number of unbranched alkanes of at least 4 members (excludes halogenated alkanes) is 1. The summed E-state index contributed by atoms with van der Waals surface area (Å²) >= 11 is 0. The molecule has 0 aromatic heterocycles. The van der Waals surface area contributed by atoms with Crippen molar-refractivity contribution >= 4 is 5.96 Å². The topological polar surface area (TPSA) is 45.7 Å². The van der Waals surface area contributed by atoms with Crippen molar-refractivity contribution < 1.29 is 4.74 Å². The summed E-state index contributed by atoms with van der Waals surface area (Å²) in [6, 6.07) is 10.9. The summed E-state index contributed by atoms with van der Waals surface area (Å²) in [7, 11) is 0. The van der Waals surface area contributed by atoms with Crippen LogP contribution in [0.4, 0.5) is 0 Å². The van der Waals surface area contributed by atoms with E-state index in [-0.39, 0.29) is 0 Å². The van der Waals surface area contributed by atoms with Crippen molar-refractivity contribution in [1.29, 1.82) is 0 Å². The van der Waals surface area contributed by atoms with E-state index < -0.39 is 0 Å². The SMILES string of the molecule is CCNC(=NCCCCOCc1ccccc1)NC1CCCC1. The Balaban J connectivity index is 1.56. The van der Waals surface area contributed by atoms with Crippen LogP contribution in [0, 0.1) is 0 Å². The van der Waals surface area contributed by atoms with Crippen LogP contribution < -0.4 is 10.6 Å². The van der Waals surface area contributed by atoms with E-state index >= 15 is 0 Å². The van der Waals surface area contributed by atoms with E-state index in [9.17, 15) is 0 Å². The third-order valence-corrected chi connectivity index (χ3v) is 4.12. The molecule has 0 atom stereocenters. The molecule has 0 radical (unpaired) electrons. The maximum absolute atomic E-state index is 5.70. The van der Waals surface area contributed by atoms with Gasteiger partial charge < -0.3 is 15.4 Å². The average molecular weight is 317 g/mol. The quantitative estimate of drug-likeness (QED) is 0.416. The highest BCUT2D eigenvalue weighted by Crippen LogP contribution is 2.17. The van der Waals surface area contributed by atoms with E-state index in [0.717, 1.165) is 38.5 Å². The van der Waals surface area contributed by atoms with Gasteiger partial charge in [0.25, 0.3) is 0 Å². The number of hydrogen-bond donors (Lipinski definition) is 2. The Hall–Kier alpha value is -1.55. The Labute approximate surface area is 140 Å². The normalized spacial score (nSPS) is 15.8. The molecule has 0 spiro atoms. The molecule has 23 heavy (non-hydrogen) atoms. The van der Waals surface area contributed by atoms with Crippen LogP contribution in [0.1, 0.15) is 51.0 Å². The minimum atomic E-state index is 0.613. The van der Waals surface area contributed by atoms with Crippen molar-refractivity contribution in [2.24, 2.45) is 4.99 Å². The highest BCUT2D eigenvalue weighted by Gasteiger charge is 2.15. The van der Waals surface area contributed by atoms with Gasteiger partial charge in [0.1, 0.15) is 0 Å². The fraction of sp³-hybridized carbons (Fsp3) is 0.632. The minimum absolute atomic E-state index is 0.613. The lowest BCUT2D eigenvalue weighted by atomic mass is 10.2.